The van der Waals surface area contributed by atoms with Gasteiger partial charge in [-0.1, -0.05) is 22.9 Å². The number of ether oxygens (including phenoxy) is 1. The maximum Gasteiger partial charge on any atom is 0.133 e. The minimum absolute atomic E-state index is 0.159. The molecule has 18 heavy (non-hydrogen) atoms. The summed E-state index contributed by atoms with van der Waals surface area (Å²) >= 11 is 6.92. The SMILES string of the molecule is CC(CNC(C)(C)C)COc1ccc(Br)cc1Br. The molecule has 0 aliphatic heterocycles. The molecule has 0 bridgehead atoms. The lowest BCUT2D eigenvalue weighted by Gasteiger charge is -2.23. The van der Waals surface area contributed by atoms with Crippen LogP contribution in [0.4, 0.5) is 0 Å². The van der Waals surface area contributed by atoms with Crippen molar-refractivity contribution in [2.45, 2.75) is 33.2 Å². The summed E-state index contributed by atoms with van der Waals surface area (Å²) in [6.07, 6.45) is 0. The topological polar surface area (TPSA) is 21.3 Å². The molecule has 1 aromatic rings. The van der Waals surface area contributed by atoms with E-state index in [0.717, 1.165) is 21.2 Å². The van der Waals surface area contributed by atoms with Gasteiger partial charge in [0.25, 0.3) is 0 Å². The Morgan fingerprint density at radius 3 is 2.50 bits per heavy atom. The van der Waals surface area contributed by atoms with E-state index in [9.17, 15) is 0 Å². The molecule has 0 aliphatic carbocycles. The molecule has 102 valence electrons. The third-order valence-electron chi connectivity index (χ3n) is 2.40. The van der Waals surface area contributed by atoms with Crippen molar-refractivity contribution in [1.29, 1.82) is 0 Å². The molecular formula is C14H21Br2NO. The van der Waals surface area contributed by atoms with E-state index in [0.29, 0.717) is 12.5 Å². The van der Waals surface area contributed by atoms with Crippen LogP contribution >= 0.6 is 31.9 Å². The molecule has 0 fully saturated rings. The van der Waals surface area contributed by atoms with Gasteiger partial charge < -0.3 is 10.1 Å². The van der Waals surface area contributed by atoms with Gasteiger partial charge in [-0.3, -0.25) is 0 Å². The van der Waals surface area contributed by atoms with Gasteiger partial charge in [-0.15, -0.1) is 0 Å². The predicted molar refractivity (Wildman–Crippen MR) is 84.3 cm³/mol. The molecule has 0 saturated carbocycles. The zero-order valence-corrected chi connectivity index (χ0v) is 14.6. The molecule has 0 amide bonds. The Morgan fingerprint density at radius 1 is 1.28 bits per heavy atom. The number of rotatable bonds is 5. The van der Waals surface area contributed by atoms with E-state index in [4.69, 9.17) is 4.74 Å². The summed E-state index contributed by atoms with van der Waals surface area (Å²) in [5.74, 6) is 1.36. The summed E-state index contributed by atoms with van der Waals surface area (Å²) in [5, 5.41) is 3.48. The quantitative estimate of drug-likeness (QED) is 0.807. The van der Waals surface area contributed by atoms with Gasteiger partial charge in [0, 0.05) is 22.5 Å². The first kappa shape index (κ1) is 16.0. The lowest BCUT2D eigenvalue weighted by atomic mass is 10.1. The zero-order valence-electron chi connectivity index (χ0n) is 11.4. The van der Waals surface area contributed by atoms with Gasteiger partial charge in [0.05, 0.1) is 11.1 Å². The van der Waals surface area contributed by atoms with Crippen molar-refractivity contribution in [3.63, 3.8) is 0 Å². The number of hydrogen-bond acceptors (Lipinski definition) is 2. The summed E-state index contributed by atoms with van der Waals surface area (Å²) < 4.78 is 7.84. The minimum atomic E-state index is 0.159. The van der Waals surface area contributed by atoms with E-state index in [2.05, 4.69) is 64.9 Å². The van der Waals surface area contributed by atoms with Crippen molar-refractivity contribution >= 4 is 31.9 Å². The van der Waals surface area contributed by atoms with Gasteiger partial charge >= 0.3 is 0 Å². The fourth-order valence-electron chi connectivity index (χ4n) is 1.36. The smallest absolute Gasteiger partial charge is 0.133 e. The Hall–Kier alpha value is -0.0600. The molecule has 1 aromatic carbocycles. The maximum absolute atomic E-state index is 5.81. The lowest BCUT2D eigenvalue weighted by Crippen LogP contribution is -2.39. The van der Waals surface area contributed by atoms with Crippen molar-refractivity contribution in [3.8, 4) is 5.75 Å². The van der Waals surface area contributed by atoms with Crippen molar-refractivity contribution in [1.82, 2.24) is 5.32 Å². The van der Waals surface area contributed by atoms with Gasteiger partial charge in [0.1, 0.15) is 5.75 Å². The first-order valence-corrected chi connectivity index (χ1v) is 7.69. The third-order valence-corrected chi connectivity index (χ3v) is 3.51. The van der Waals surface area contributed by atoms with E-state index in [1.165, 1.54) is 0 Å². The largest absolute Gasteiger partial charge is 0.492 e. The summed E-state index contributed by atoms with van der Waals surface area (Å²) in [6.45, 7) is 10.4. The molecule has 2 nitrogen and oxygen atoms in total. The van der Waals surface area contributed by atoms with Crippen LogP contribution in [0.3, 0.4) is 0 Å². The van der Waals surface area contributed by atoms with E-state index in [1.54, 1.807) is 0 Å². The lowest BCUT2D eigenvalue weighted by molar-refractivity contribution is 0.243. The molecule has 1 N–H and O–H groups in total. The highest BCUT2D eigenvalue weighted by molar-refractivity contribution is 9.11. The van der Waals surface area contributed by atoms with Crippen LogP contribution in [0.25, 0.3) is 0 Å². The summed E-state index contributed by atoms with van der Waals surface area (Å²) in [4.78, 5) is 0. The summed E-state index contributed by atoms with van der Waals surface area (Å²) in [6, 6.07) is 5.95. The van der Waals surface area contributed by atoms with E-state index < -0.39 is 0 Å². The number of benzene rings is 1. The van der Waals surface area contributed by atoms with E-state index in [1.807, 2.05) is 18.2 Å². The maximum atomic E-state index is 5.81. The van der Waals surface area contributed by atoms with Crippen molar-refractivity contribution in [3.05, 3.63) is 27.1 Å². The normalized spacial score (nSPS) is 13.4. The Morgan fingerprint density at radius 2 is 1.94 bits per heavy atom. The fourth-order valence-corrected chi connectivity index (χ4v) is 2.53. The molecule has 0 heterocycles. The van der Waals surface area contributed by atoms with Crippen molar-refractivity contribution in [2.75, 3.05) is 13.2 Å². The molecule has 0 saturated heterocycles. The molecule has 0 radical (unpaired) electrons. The third kappa shape index (κ3) is 6.21. The van der Waals surface area contributed by atoms with Crippen LogP contribution in [-0.2, 0) is 0 Å². The molecule has 0 aliphatic rings. The Labute approximate surface area is 127 Å². The molecule has 0 aromatic heterocycles. The molecule has 0 spiro atoms. The first-order valence-electron chi connectivity index (χ1n) is 6.11. The summed E-state index contributed by atoms with van der Waals surface area (Å²) in [5.41, 5.74) is 0.159. The molecule has 1 unspecified atom stereocenters. The Bertz CT molecular complexity index is 388. The van der Waals surface area contributed by atoms with Crippen molar-refractivity contribution < 1.29 is 4.74 Å². The Balaban J connectivity index is 2.40. The number of nitrogens with one attached hydrogen (secondary N) is 1. The second-order valence-electron chi connectivity index (χ2n) is 5.62. The van der Waals surface area contributed by atoms with E-state index in [-0.39, 0.29) is 5.54 Å². The standard InChI is InChI=1S/C14H21Br2NO/c1-10(8-17-14(2,3)4)9-18-13-6-5-11(15)7-12(13)16/h5-7,10,17H,8-9H2,1-4H3. The molecule has 1 atom stereocenters. The second-order valence-corrected chi connectivity index (χ2v) is 7.39. The van der Waals surface area contributed by atoms with Crippen LogP contribution < -0.4 is 10.1 Å². The van der Waals surface area contributed by atoms with Crippen LogP contribution in [0.15, 0.2) is 27.1 Å². The zero-order chi connectivity index (χ0) is 13.8. The van der Waals surface area contributed by atoms with Crippen LogP contribution in [0.1, 0.15) is 27.7 Å². The molecule has 1 rings (SSSR count). The first-order chi connectivity index (χ1) is 8.28. The highest BCUT2D eigenvalue weighted by atomic mass is 79.9. The highest BCUT2D eigenvalue weighted by Crippen LogP contribution is 2.28. The van der Waals surface area contributed by atoms with Gasteiger partial charge in [0.15, 0.2) is 0 Å². The number of halogens is 2. The summed E-state index contributed by atoms with van der Waals surface area (Å²) in [7, 11) is 0. The van der Waals surface area contributed by atoms with Crippen LogP contribution in [0.5, 0.6) is 5.75 Å². The van der Waals surface area contributed by atoms with Crippen molar-refractivity contribution in [2.24, 2.45) is 5.92 Å². The predicted octanol–water partition coefficient (Wildman–Crippen LogP) is 4.61. The van der Waals surface area contributed by atoms with Crippen LogP contribution in [-0.4, -0.2) is 18.7 Å². The Kier molecular flexibility index (Phi) is 6.15. The van der Waals surface area contributed by atoms with Crippen LogP contribution in [0, 0.1) is 5.92 Å². The fraction of sp³-hybridized carbons (Fsp3) is 0.571. The monoisotopic (exact) mass is 377 g/mol. The van der Waals surface area contributed by atoms with Gasteiger partial charge in [-0.2, -0.15) is 0 Å². The molecular weight excluding hydrogens is 358 g/mol. The minimum Gasteiger partial charge on any atom is -0.492 e. The average molecular weight is 379 g/mol. The van der Waals surface area contributed by atoms with Gasteiger partial charge in [-0.05, 0) is 54.9 Å². The average Bonchev–Trinajstić information content (AvgIpc) is 2.24. The highest BCUT2D eigenvalue weighted by Gasteiger charge is 2.12. The molecule has 4 heteroatoms. The van der Waals surface area contributed by atoms with Gasteiger partial charge in [-0.25, -0.2) is 0 Å². The van der Waals surface area contributed by atoms with E-state index >= 15 is 0 Å². The number of hydrogen-bond donors (Lipinski definition) is 1. The van der Waals surface area contributed by atoms with Gasteiger partial charge in [0.2, 0.25) is 0 Å². The van der Waals surface area contributed by atoms with Crippen LogP contribution in [0.2, 0.25) is 0 Å². The second kappa shape index (κ2) is 6.92.